The number of rotatable bonds is 3. The first-order valence-corrected chi connectivity index (χ1v) is 9.09. The number of benzene rings is 1. The van der Waals surface area contributed by atoms with Crippen LogP contribution >= 0.6 is 0 Å². The molecule has 2 amide bonds. The second kappa shape index (κ2) is 8.41. The summed E-state index contributed by atoms with van der Waals surface area (Å²) >= 11 is 0. The molecule has 5 nitrogen and oxygen atoms in total. The van der Waals surface area contributed by atoms with Gasteiger partial charge in [-0.1, -0.05) is 25.0 Å². The molecule has 1 aromatic carbocycles. The zero-order chi connectivity index (χ0) is 20.1. The fraction of sp³-hybridized carbons (Fsp3) is 0.350. The van der Waals surface area contributed by atoms with Gasteiger partial charge in [0.15, 0.2) is 0 Å². The Morgan fingerprint density at radius 1 is 1.00 bits per heavy atom. The molecule has 0 unspecified atom stereocenters. The summed E-state index contributed by atoms with van der Waals surface area (Å²) in [5, 5.41) is 2.28. The predicted molar refractivity (Wildman–Crippen MR) is 98.0 cm³/mol. The molecule has 8 heteroatoms. The molecule has 1 aliphatic heterocycles. The van der Waals surface area contributed by atoms with Crippen LogP contribution in [0.2, 0.25) is 0 Å². The lowest BCUT2D eigenvalue weighted by Gasteiger charge is -2.20. The smallest absolute Gasteiger partial charge is 0.337 e. The Labute approximate surface area is 160 Å². The molecule has 0 spiro atoms. The number of carbonyl (C=O) groups excluding carboxylic acids is 2. The zero-order valence-electron chi connectivity index (χ0n) is 15.1. The molecule has 0 bridgehead atoms. The number of anilines is 1. The Morgan fingerprint density at radius 2 is 1.68 bits per heavy atom. The molecule has 1 N–H and O–H groups in total. The Hall–Kier alpha value is -2.90. The van der Waals surface area contributed by atoms with Gasteiger partial charge >= 0.3 is 6.18 Å². The van der Waals surface area contributed by atoms with Gasteiger partial charge in [0, 0.05) is 24.8 Å². The summed E-state index contributed by atoms with van der Waals surface area (Å²) in [6.45, 7) is 1.27. The Balaban J connectivity index is 1.79. The first kappa shape index (κ1) is 19.9. The number of para-hydroxylation sites is 1. The normalized spacial score (nSPS) is 15.0. The third-order valence-corrected chi connectivity index (χ3v) is 4.62. The van der Waals surface area contributed by atoms with Crippen molar-refractivity contribution in [1.29, 1.82) is 0 Å². The maximum atomic E-state index is 13.1. The van der Waals surface area contributed by atoms with Crippen molar-refractivity contribution >= 4 is 17.5 Å². The van der Waals surface area contributed by atoms with Crippen molar-refractivity contribution in [2.24, 2.45) is 0 Å². The van der Waals surface area contributed by atoms with Gasteiger partial charge in [-0.05, 0) is 37.1 Å². The number of aromatic nitrogens is 1. The number of pyridine rings is 1. The van der Waals surface area contributed by atoms with E-state index in [0.717, 1.165) is 31.7 Å². The second-order valence-corrected chi connectivity index (χ2v) is 6.63. The maximum Gasteiger partial charge on any atom is 0.418 e. The van der Waals surface area contributed by atoms with Crippen molar-refractivity contribution in [2.75, 3.05) is 18.4 Å². The lowest BCUT2D eigenvalue weighted by Crippen LogP contribution is -2.32. The van der Waals surface area contributed by atoms with Crippen LogP contribution in [0, 0.1) is 0 Å². The van der Waals surface area contributed by atoms with E-state index < -0.39 is 17.6 Å². The average molecular weight is 391 g/mol. The molecule has 1 saturated heterocycles. The van der Waals surface area contributed by atoms with E-state index in [1.807, 2.05) is 0 Å². The number of alkyl halides is 3. The van der Waals surface area contributed by atoms with Crippen LogP contribution in [0.3, 0.4) is 0 Å². The van der Waals surface area contributed by atoms with Gasteiger partial charge in [-0.25, -0.2) is 0 Å². The van der Waals surface area contributed by atoms with E-state index in [9.17, 15) is 22.8 Å². The maximum absolute atomic E-state index is 13.1. The number of carbonyl (C=O) groups is 2. The minimum Gasteiger partial charge on any atom is -0.337 e. The molecule has 2 heterocycles. The fourth-order valence-electron chi connectivity index (χ4n) is 3.16. The number of amides is 2. The summed E-state index contributed by atoms with van der Waals surface area (Å²) in [6, 6.07) is 7.43. The van der Waals surface area contributed by atoms with Crippen LogP contribution in [0.1, 0.15) is 52.1 Å². The van der Waals surface area contributed by atoms with Crippen molar-refractivity contribution in [3.63, 3.8) is 0 Å². The first-order valence-electron chi connectivity index (χ1n) is 9.09. The van der Waals surface area contributed by atoms with Crippen LogP contribution in [0.15, 0.2) is 42.6 Å². The molecule has 1 aliphatic rings. The first-order chi connectivity index (χ1) is 13.4. The molecular formula is C20H20F3N3O2. The fourth-order valence-corrected chi connectivity index (χ4v) is 3.16. The predicted octanol–water partition coefficient (Wildman–Crippen LogP) is 4.37. The lowest BCUT2D eigenvalue weighted by molar-refractivity contribution is -0.136. The van der Waals surface area contributed by atoms with Gasteiger partial charge in [-0.2, -0.15) is 13.2 Å². The lowest BCUT2D eigenvalue weighted by atomic mass is 10.1. The van der Waals surface area contributed by atoms with Gasteiger partial charge < -0.3 is 10.2 Å². The molecule has 148 valence electrons. The minimum absolute atomic E-state index is 0.0742. The van der Waals surface area contributed by atoms with E-state index in [2.05, 4.69) is 10.3 Å². The molecule has 3 rings (SSSR count). The summed E-state index contributed by atoms with van der Waals surface area (Å²) < 4.78 is 39.3. The summed E-state index contributed by atoms with van der Waals surface area (Å²) in [7, 11) is 0. The molecule has 0 saturated carbocycles. The zero-order valence-corrected chi connectivity index (χ0v) is 15.1. The van der Waals surface area contributed by atoms with Crippen LogP contribution in [-0.4, -0.2) is 34.8 Å². The van der Waals surface area contributed by atoms with E-state index >= 15 is 0 Å². The van der Waals surface area contributed by atoms with Crippen molar-refractivity contribution in [3.8, 4) is 0 Å². The highest BCUT2D eigenvalue weighted by Crippen LogP contribution is 2.34. The Kier molecular flexibility index (Phi) is 5.96. The molecule has 0 aliphatic carbocycles. The largest absolute Gasteiger partial charge is 0.418 e. The molecule has 0 radical (unpaired) electrons. The quantitative estimate of drug-likeness (QED) is 0.845. The number of hydrogen-bond donors (Lipinski definition) is 1. The van der Waals surface area contributed by atoms with Crippen LogP contribution in [0.4, 0.5) is 18.9 Å². The summed E-state index contributed by atoms with van der Waals surface area (Å²) in [5.41, 5.74) is -1.08. The topological polar surface area (TPSA) is 62.3 Å². The molecule has 1 aromatic heterocycles. The number of nitrogens with one attached hydrogen (secondary N) is 1. The highest BCUT2D eigenvalue weighted by atomic mass is 19.4. The van der Waals surface area contributed by atoms with Crippen LogP contribution in [0.25, 0.3) is 0 Å². The van der Waals surface area contributed by atoms with Crippen LogP contribution in [-0.2, 0) is 6.18 Å². The SMILES string of the molecule is O=C(Nc1ccccc1C(F)(F)F)c1ccnc(C(=O)N2CCCCCC2)c1. The second-order valence-electron chi connectivity index (χ2n) is 6.63. The number of likely N-dealkylation sites (tertiary alicyclic amines) is 1. The van der Waals surface area contributed by atoms with Crippen molar-refractivity contribution in [2.45, 2.75) is 31.9 Å². The van der Waals surface area contributed by atoms with Gasteiger partial charge in [0.2, 0.25) is 0 Å². The van der Waals surface area contributed by atoms with Gasteiger partial charge in [-0.15, -0.1) is 0 Å². The highest BCUT2D eigenvalue weighted by Gasteiger charge is 2.33. The molecule has 0 atom stereocenters. The summed E-state index contributed by atoms with van der Waals surface area (Å²) in [4.78, 5) is 30.9. The number of nitrogens with zero attached hydrogens (tertiary/aromatic N) is 2. The molecule has 1 fully saturated rings. The van der Waals surface area contributed by atoms with E-state index in [4.69, 9.17) is 0 Å². The molecule has 28 heavy (non-hydrogen) atoms. The minimum atomic E-state index is -4.59. The molecule has 2 aromatic rings. The molecular weight excluding hydrogens is 371 g/mol. The number of hydrogen-bond acceptors (Lipinski definition) is 3. The Bertz CT molecular complexity index is 860. The van der Waals surface area contributed by atoms with Gasteiger partial charge in [-0.3, -0.25) is 14.6 Å². The third kappa shape index (κ3) is 4.68. The average Bonchev–Trinajstić information content (AvgIpc) is 2.96. The van der Waals surface area contributed by atoms with Gasteiger partial charge in [0.1, 0.15) is 5.69 Å². The summed E-state index contributed by atoms with van der Waals surface area (Å²) in [6.07, 6.45) is 0.697. The standard InChI is InChI=1S/C20H20F3N3O2/c21-20(22,23)15-7-3-4-8-16(15)25-18(27)14-9-10-24-17(13-14)19(28)26-11-5-1-2-6-12-26/h3-4,7-10,13H,1-2,5-6,11-12H2,(H,25,27). The van der Waals surface area contributed by atoms with Crippen molar-refractivity contribution in [1.82, 2.24) is 9.88 Å². The van der Waals surface area contributed by atoms with Crippen LogP contribution < -0.4 is 5.32 Å². The Morgan fingerprint density at radius 3 is 2.36 bits per heavy atom. The van der Waals surface area contributed by atoms with Crippen molar-refractivity contribution in [3.05, 3.63) is 59.4 Å². The summed E-state index contributed by atoms with van der Waals surface area (Å²) in [5.74, 6) is -1.00. The van der Waals surface area contributed by atoms with E-state index in [1.165, 1.54) is 36.5 Å². The van der Waals surface area contributed by atoms with Gasteiger partial charge in [0.25, 0.3) is 11.8 Å². The van der Waals surface area contributed by atoms with Crippen molar-refractivity contribution < 1.29 is 22.8 Å². The van der Waals surface area contributed by atoms with Gasteiger partial charge in [0.05, 0.1) is 11.3 Å². The van der Waals surface area contributed by atoms with E-state index in [-0.39, 0.29) is 22.9 Å². The van der Waals surface area contributed by atoms with E-state index in [1.54, 1.807) is 4.90 Å². The number of halogens is 3. The van der Waals surface area contributed by atoms with E-state index in [0.29, 0.717) is 13.1 Å². The van der Waals surface area contributed by atoms with Crippen LogP contribution in [0.5, 0.6) is 0 Å². The monoisotopic (exact) mass is 391 g/mol. The highest BCUT2D eigenvalue weighted by molar-refractivity contribution is 6.06. The third-order valence-electron chi connectivity index (χ3n) is 4.62.